The average Bonchev–Trinajstić information content (AvgIpc) is 3.12. The third-order valence-corrected chi connectivity index (χ3v) is 6.42. The molecule has 1 heterocycles. The standard InChI is InChI=1S/C15H21N3O2S/c1-15(2,21(3,19)20)9-18-13-7-6-11(16)8-12(13)17-14(18)10-4-5-10/h6-8,10H,4-5,9,16H2,1-3H3. The molecule has 1 aromatic carbocycles. The maximum absolute atomic E-state index is 12.0. The van der Waals surface area contributed by atoms with Crippen LogP contribution in [0.25, 0.3) is 11.0 Å². The van der Waals surface area contributed by atoms with Crippen molar-refractivity contribution in [1.29, 1.82) is 0 Å². The van der Waals surface area contributed by atoms with Crippen LogP contribution in [0.15, 0.2) is 18.2 Å². The zero-order chi connectivity index (χ0) is 15.4. The lowest BCUT2D eigenvalue weighted by molar-refractivity contribution is 0.500. The Morgan fingerprint density at radius 3 is 2.62 bits per heavy atom. The minimum Gasteiger partial charge on any atom is -0.399 e. The Kier molecular flexibility index (Phi) is 3.06. The molecule has 1 aliphatic rings. The number of hydrogen-bond donors (Lipinski definition) is 1. The topological polar surface area (TPSA) is 78.0 Å². The summed E-state index contributed by atoms with van der Waals surface area (Å²) in [7, 11) is -3.15. The van der Waals surface area contributed by atoms with Crippen LogP contribution in [0.4, 0.5) is 5.69 Å². The van der Waals surface area contributed by atoms with Crippen LogP contribution >= 0.6 is 0 Å². The molecule has 114 valence electrons. The van der Waals surface area contributed by atoms with Gasteiger partial charge < -0.3 is 10.3 Å². The maximum atomic E-state index is 12.0. The van der Waals surface area contributed by atoms with E-state index in [0.29, 0.717) is 18.2 Å². The van der Waals surface area contributed by atoms with Gasteiger partial charge in [0, 0.05) is 24.4 Å². The van der Waals surface area contributed by atoms with Crippen molar-refractivity contribution in [3.63, 3.8) is 0 Å². The summed E-state index contributed by atoms with van der Waals surface area (Å²) in [6, 6.07) is 5.62. The highest BCUT2D eigenvalue weighted by Gasteiger charge is 2.35. The summed E-state index contributed by atoms with van der Waals surface area (Å²) in [6.45, 7) is 3.95. The molecule has 0 amide bonds. The molecule has 21 heavy (non-hydrogen) atoms. The van der Waals surface area contributed by atoms with Crippen molar-refractivity contribution in [2.45, 2.75) is 43.9 Å². The SMILES string of the molecule is CC(C)(Cn1c(C2CC2)nc2cc(N)ccc21)S(C)(=O)=O. The predicted molar refractivity (Wildman–Crippen MR) is 85.0 cm³/mol. The monoisotopic (exact) mass is 307 g/mol. The molecular formula is C15H21N3O2S. The molecule has 2 N–H and O–H groups in total. The second kappa shape index (κ2) is 4.47. The average molecular weight is 307 g/mol. The number of benzene rings is 1. The van der Waals surface area contributed by atoms with Gasteiger partial charge >= 0.3 is 0 Å². The second-order valence-electron chi connectivity index (χ2n) is 6.61. The summed E-state index contributed by atoms with van der Waals surface area (Å²) in [4.78, 5) is 4.69. The van der Waals surface area contributed by atoms with Gasteiger partial charge in [0.05, 0.1) is 15.8 Å². The number of nitrogens with two attached hydrogens (primary N) is 1. The Morgan fingerprint density at radius 2 is 2.05 bits per heavy atom. The minimum absolute atomic E-state index is 0.415. The quantitative estimate of drug-likeness (QED) is 0.879. The highest BCUT2D eigenvalue weighted by atomic mass is 32.2. The van der Waals surface area contributed by atoms with E-state index in [1.165, 1.54) is 6.26 Å². The number of rotatable bonds is 4. The maximum Gasteiger partial charge on any atom is 0.154 e. The molecule has 1 fully saturated rings. The normalized spacial score (nSPS) is 16.5. The first kappa shape index (κ1) is 14.4. The van der Waals surface area contributed by atoms with E-state index in [-0.39, 0.29) is 0 Å². The van der Waals surface area contributed by atoms with Crippen molar-refractivity contribution in [1.82, 2.24) is 9.55 Å². The van der Waals surface area contributed by atoms with Crippen molar-refractivity contribution < 1.29 is 8.42 Å². The minimum atomic E-state index is -3.15. The van der Waals surface area contributed by atoms with Crippen LogP contribution < -0.4 is 5.73 Å². The van der Waals surface area contributed by atoms with Gasteiger partial charge in [0.1, 0.15) is 5.82 Å². The third-order valence-electron chi connectivity index (χ3n) is 4.29. The highest BCUT2D eigenvalue weighted by molar-refractivity contribution is 7.92. The first-order valence-electron chi connectivity index (χ1n) is 7.14. The van der Waals surface area contributed by atoms with Crippen molar-refractivity contribution in [2.24, 2.45) is 0 Å². The van der Waals surface area contributed by atoms with Gasteiger partial charge in [-0.25, -0.2) is 13.4 Å². The lowest BCUT2D eigenvalue weighted by Gasteiger charge is -2.24. The number of nitrogen functional groups attached to an aromatic ring is 1. The first-order chi connectivity index (χ1) is 9.69. The molecule has 5 nitrogen and oxygen atoms in total. The molecule has 0 saturated heterocycles. The van der Waals surface area contributed by atoms with Gasteiger partial charge in [-0.1, -0.05) is 0 Å². The summed E-state index contributed by atoms with van der Waals surface area (Å²) in [5.74, 6) is 1.45. The van der Waals surface area contributed by atoms with E-state index in [1.54, 1.807) is 13.8 Å². The van der Waals surface area contributed by atoms with Crippen molar-refractivity contribution in [3.8, 4) is 0 Å². The van der Waals surface area contributed by atoms with Crippen LogP contribution in [0.3, 0.4) is 0 Å². The molecular weight excluding hydrogens is 286 g/mol. The second-order valence-corrected chi connectivity index (χ2v) is 9.26. The third kappa shape index (κ3) is 2.52. The van der Waals surface area contributed by atoms with E-state index in [2.05, 4.69) is 9.55 Å². The Bertz CT molecular complexity index is 802. The van der Waals surface area contributed by atoms with Crippen LogP contribution in [0.1, 0.15) is 38.4 Å². The molecule has 3 rings (SSSR count). The molecule has 0 spiro atoms. The fraction of sp³-hybridized carbons (Fsp3) is 0.533. The zero-order valence-corrected chi connectivity index (χ0v) is 13.4. The smallest absolute Gasteiger partial charge is 0.154 e. The van der Waals surface area contributed by atoms with Gasteiger partial charge in [0.25, 0.3) is 0 Å². The molecule has 1 saturated carbocycles. The van der Waals surface area contributed by atoms with Crippen molar-refractivity contribution >= 4 is 26.6 Å². The van der Waals surface area contributed by atoms with Crippen LogP contribution in [0, 0.1) is 0 Å². The predicted octanol–water partition coefficient (Wildman–Crippen LogP) is 2.32. The summed E-state index contributed by atoms with van der Waals surface area (Å²) >= 11 is 0. The zero-order valence-electron chi connectivity index (χ0n) is 12.6. The molecule has 0 unspecified atom stereocenters. The Morgan fingerprint density at radius 1 is 1.38 bits per heavy atom. The molecule has 0 aliphatic heterocycles. The molecule has 0 radical (unpaired) electrons. The van der Waals surface area contributed by atoms with Gasteiger partial charge in [-0.2, -0.15) is 0 Å². The van der Waals surface area contributed by atoms with Crippen molar-refractivity contribution in [2.75, 3.05) is 12.0 Å². The Labute approximate surface area is 125 Å². The largest absolute Gasteiger partial charge is 0.399 e. The lowest BCUT2D eigenvalue weighted by atomic mass is 10.2. The van der Waals surface area contributed by atoms with Gasteiger partial charge in [0.2, 0.25) is 0 Å². The molecule has 0 atom stereocenters. The van der Waals surface area contributed by atoms with Crippen LogP contribution in [-0.4, -0.2) is 29.0 Å². The lowest BCUT2D eigenvalue weighted by Crippen LogP contribution is -2.36. The number of fused-ring (bicyclic) bond motifs is 1. The number of anilines is 1. The summed E-state index contributed by atoms with van der Waals surface area (Å²) < 4.78 is 25.3. The van der Waals surface area contributed by atoms with Gasteiger partial charge in [-0.3, -0.25) is 0 Å². The number of sulfone groups is 1. The van der Waals surface area contributed by atoms with Gasteiger partial charge in [0.15, 0.2) is 9.84 Å². The van der Waals surface area contributed by atoms with E-state index >= 15 is 0 Å². The molecule has 2 aromatic rings. The molecule has 0 bridgehead atoms. The summed E-state index contributed by atoms with van der Waals surface area (Å²) in [6.07, 6.45) is 3.54. The number of hydrogen-bond acceptors (Lipinski definition) is 4. The fourth-order valence-electron chi connectivity index (χ4n) is 2.48. The molecule has 6 heteroatoms. The highest BCUT2D eigenvalue weighted by Crippen LogP contribution is 2.41. The van der Waals surface area contributed by atoms with E-state index in [9.17, 15) is 8.42 Å². The Balaban J connectivity index is 2.14. The summed E-state index contributed by atoms with van der Waals surface area (Å²) in [5.41, 5.74) is 8.31. The Hall–Kier alpha value is -1.56. The van der Waals surface area contributed by atoms with Crippen molar-refractivity contribution in [3.05, 3.63) is 24.0 Å². The fourth-order valence-corrected chi connectivity index (χ4v) is 2.85. The molecule has 1 aliphatic carbocycles. The number of nitrogens with zero attached hydrogens (tertiary/aromatic N) is 2. The van der Waals surface area contributed by atoms with E-state index in [4.69, 9.17) is 5.73 Å². The van der Waals surface area contributed by atoms with Gasteiger partial charge in [-0.05, 0) is 44.9 Å². The van der Waals surface area contributed by atoms with E-state index < -0.39 is 14.6 Å². The summed E-state index contributed by atoms with van der Waals surface area (Å²) in [5, 5.41) is 0. The van der Waals surface area contributed by atoms with Crippen LogP contribution in [-0.2, 0) is 16.4 Å². The number of aromatic nitrogens is 2. The van der Waals surface area contributed by atoms with Crippen LogP contribution in [0.5, 0.6) is 0 Å². The van der Waals surface area contributed by atoms with E-state index in [0.717, 1.165) is 29.7 Å². The molecule has 1 aromatic heterocycles. The van der Waals surface area contributed by atoms with Crippen LogP contribution in [0.2, 0.25) is 0 Å². The number of imidazole rings is 1. The van der Waals surface area contributed by atoms with E-state index in [1.807, 2.05) is 18.2 Å². The first-order valence-corrected chi connectivity index (χ1v) is 9.03. The van der Waals surface area contributed by atoms with Gasteiger partial charge in [-0.15, -0.1) is 0 Å².